The van der Waals surface area contributed by atoms with E-state index in [1.165, 1.54) is 23.5 Å². The van der Waals surface area contributed by atoms with Crippen molar-refractivity contribution in [3.05, 3.63) is 46.2 Å². The minimum Gasteiger partial charge on any atom is -0.481 e. The number of aliphatic carboxylic acids is 1. The molecule has 0 bridgehead atoms. The lowest BCUT2D eigenvalue weighted by Gasteiger charge is -2.18. The van der Waals surface area contributed by atoms with Gasteiger partial charge >= 0.3 is 5.97 Å². The Bertz CT molecular complexity index is 1020. The Kier molecular flexibility index (Phi) is 7.04. The molecule has 162 valence electrons. The number of sulfonamides is 1. The van der Waals surface area contributed by atoms with Crippen LogP contribution in [0.1, 0.15) is 19.0 Å². The third kappa shape index (κ3) is 5.12. The summed E-state index contributed by atoms with van der Waals surface area (Å²) in [5.41, 5.74) is 1.96. The Morgan fingerprint density at radius 3 is 2.40 bits per heavy atom. The van der Waals surface area contributed by atoms with Gasteiger partial charge in [0, 0.05) is 37.5 Å². The Hall–Kier alpha value is -1.71. The molecule has 3 rings (SSSR count). The Morgan fingerprint density at radius 1 is 1.30 bits per heavy atom. The number of pyridine rings is 1. The maximum Gasteiger partial charge on any atom is 0.306 e. The molecule has 2 unspecified atom stereocenters. The van der Waals surface area contributed by atoms with Crippen LogP contribution in [0.15, 0.2) is 35.4 Å². The fraction of sp³-hybridized carbons (Fsp3) is 0.400. The van der Waals surface area contributed by atoms with E-state index in [9.17, 15) is 18.3 Å². The second-order valence-electron chi connectivity index (χ2n) is 7.20. The number of likely N-dealkylation sites (N-methyl/N-ethyl adjacent to an activating group) is 1. The highest BCUT2D eigenvalue weighted by molar-refractivity contribution is 7.89. The second kappa shape index (κ2) is 9.20. The monoisotopic (exact) mass is 472 g/mol. The molecule has 0 aliphatic carbocycles. The maximum absolute atomic E-state index is 12.9. The topological polar surface area (TPSA) is 100 Å². The molecule has 0 amide bonds. The molecule has 0 spiro atoms. The van der Waals surface area contributed by atoms with Crippen LogP contribution in [0, 0.1) is 5.92 Å². The van der Waals surface area contributed by atoms with Gasteiger partial charge in [0.25, 0.3) is 0 Å². The summed E-state index contributed by atoms with van der Waals surface area (Å²) in [5, 5.41) is 9.23. The van der Waals surface area contributed by atoms with Gasteiger partial charge < -0.3 is 9.84 Å². The summed E-state index contributed by atoms with van der Waals surface area (Å²) < 4.78 is 32.0. The van der Waals surface area contributed by atoms with Gasteiger partial charge in [-0.1, -0.05) is 36.2 Å². The van der Waals surface area contributed by atoms with E-state index in [4.69, 9.17) is 27.9 Å². The quantitative estimate of drug-likeness (QED) is 0.558. The highest BCUT2D eigenvalue weighted by atomic mass is 35.5. The Balaban J connectivity index is 1.85. The molecular weight excluding hydrogens is 451 g/mol. The molecule has 1 aliphatic heterocycles. The van der Waals surface area contributed by atoms with E-state index in [1.807, 2.05) is 6.92 Å². The molecule has 1 saturated heterocycles. The van der Waals surface area contributed by atoms with Gasteiger partial charge in [-0.2, -0.15) is 4.31 Å². The van der Waals surface area contributed by atoms with Gasteiger partial charge in [-0.05, 0) is 30.2 Å². The molecular formula is C20H22Cl2N2O5S. The van der Waals surface area contributed by atoms with E-state index in [-0.39, 0.29) is 27.6 Å². The standard InChI is InChI=1S/C20H22Cl2N2O5S/c1-3-12(20(25)26)6-15-5-4-13(9-23-15)14-7-17(21)19(18(22)8-14)30(27,28)24(2)10-16-11-29-16/h4-5,7-9,12,16H,3,6,10-11H2,1-2H3,(H,25,26). The van der Waals surface area contributed by atoms with E-state index in [1.54, 1.807) is 18.3 Å². The van der Waals surface area contributed by atoms with E-state index < -0.39 is 21.9 Å². The van der Waals surface area contributed by atoms with Crippen LogP contribution in [0.4, 0.5) is 0 Å². The normalized spacial score (nSPS) is 17.2. The van der Waals surface area contributed by atoms with E-state index in [2.05, 4.69) is 4.98 Å². The van der Waals surface area contributed by atoms with Crippen molar-refractivity contribution in [3.63, 3.8) is 0 Å². The van der Waals surface area contributed by atoms with E-state index in [0.29, 0.717) is 36.3 Å². The minimum atomic E-state index is -3.87. The van der Waals surface area contributed by atoms with Crippen molar-refractivity contribution < 1.29 is 23.1 Å². The summed E-state index contributed by atoms with van der Waals surface area (Å²) in [4.78, 5) is 15.4. The highest BCUT2D eigenvalue weighted by Crippen LogP contribution is 2.36. The zero-order valence-corrected chi connectivity index (χ0v) is 18.8. The van der Waals surface area contributed by atoms with Crippen LogP contribution in [0.2, 0.25) is 10.0 Å². The van der Waals surface area contributed by atoms with Gasteiger partial charge in [-0.3, -0.25) is 9.78 Å². The van der Waals surface area contributed by atoms with Gasteiger partial charge in [0.1, 0.15) is 4.90 Å². The van der Waals surface area contributed by atoms with Crippen LogP contribution < -0.4 is 0 Å². The largest absolute Gasteiger partial charge is 0.481 e. The molecule has 1 aliphatic rings. The number of halogens is 2. The van der Waals surface area contributed by atoms with Gasteiger partial charge in [-0.15, -0.1) is 0 Å². The van der Waals surface area contributed by atoms with E-state index in [0.717, 1.165) is 0 Å². The summed E-state index contributed by atoms with van der Waals surface area (Å²) in [6.07, 6.45) is 2.35. The molecule has 7 nitrogen and oxygen atoms in total. The average Bonchev–Trinajstić information content (AvgIpc) is 3.49. The van der Waals surface area contributed by atoms with E-state index >= 15 is 0 Å². The number of hydrogen-bond acceptors (Lipinski definition) is 5. The molecule has 2 heterocycles. The lowest BCUT2D eigenvalue weighted by Crippen LogP contribution is -2.31. The van der Waals surface area contributed by atoms with Crippen molar-refractivity contribution in [2.24, 2.45) is 5.92 Å². The molecule has 1 aromatic carbocycles. The second-order valence-corrected chi connectivity index (χ2v) is 9.99. The van der Waals surface area contributed by atoms with Gasteiger partial charge in [-0.25, -0.2) is 8.42 Å². The molecule has 2 aromatic rings. The van der Waals surface area contributed by atoms with Crippen molar-refractivity contribution in [2.45, 2.75) is 30.8 Å². The summed E-state index contributed by atoms with van der Waals surface area (Å²) in [7, 11) is -2.41. The average molecular weight is 473 g/mol. The molecule has 10 heteroatoms. The third-order valence-corrected chi connectivity index (χ3v) is 7.73. The number of carboxylic acid groups (broad SMARTS) is 1. The number of rotatable bonds is 9. The van der Waals surface area contributed by atoms with Gasteiger partial charge in [0.2, 0.25) is 10.0 Å². The van der Waals surface area contributed by atoms with Crippen LogP contribution in [-0.4, -0.2) is 55.1 Å². The van der Waals surface area contributed by atoms with Crippen LogP contribution in [0.3, 0.4) is 0 Å². The third-order valence-electron chi connectivity index (χ3n) is 4.99. The number of nitrogens with zero attached hydrogens (tertiary/aromatic N) is 2. The van der Waals surface area contributed by atoms with Crippen LogP contribution in [-0.2, 0) is 26.0 Å². The lowest BCUT2D eigenvalue weighted by atomic mass is 9.99. The highest BCUT2D eigenvalue weighted by Gasteiger charge is 2.33. The first-order valence-corrected chi connectivity index (χ1v) is 11.6. The van der Waals surface area contributed by atoms with Crippen molar-refractivity contribution in [2.75, 3.05) is 20.2 Å². The molecule has 1 aromatic heterocycles. The van der Waals surface area contributed by atoms with Gasteiger partial charge in [0.15, 0.2) is 0 Å². The van der Waals surface area contributed by atoms with Crippen molar-refractivity contribution in [3.8, 4) is 11.1 Å². The number of ether oxygens (including phenoxy) is 1. The summed E-state index contributed by atoms with van der Waals surface area (Å²) in [6, 6.07) is 6.59. The fourth-order valence-corrected chi connectivity index (χ4v) is 5.42. The number of hydrogen-bond donors (Lipinski definition) is 1. The summed E-state index contributed by atoms with van der Waals surface area (Å²) in [6.45, 7) is 2.59. The zero-order valence-electron chi connectivity index (χ0n) is 16.5. The van der Waals surface area contributed by atoms with Gasteiger partial charge in [0.05, 0.1) is 28.7 Å². The number of carbonyl (C=O) groups is 1. The molecule has 30 heavy (non-hydrogen) atoms. The predicted octanol–water partition coefficient (Wildman–Crippen LogP) is 3.73. The predicted molar refractivity (Wildman–Crippen MR) is 114 cm³/mol. The molecule has 0 radical (unpaired) electrons. The SMILES string of the molecule is CCC(Cc1ccc(-c2cc(Cl)c(S(=O)(=O)N(C)CC3CO3)c(Cl)c2)cn1)C(=O)O. The number of carboxylic acids is 1. The summed E-state index contributed by atoms with van der Waals surface area (Å²) >= 11 is 12.6. The van der Waals surface area contributed by atoms with Crippen molar-refractivity contribution >= 4 is 39.2 Å². The number of epoxide rings is 1. The number of benzene rings is 1. The molecule has 1 fully saturated rings. The van der Waals surface area contributed by atoms with Crippen LogP contribution in [0.25, 0.3) is 11.1 Å². The lowest BCUT2D eigenvalue weighted by molar-refractivity contribution is -0.141. The zero-order chi connectivity index (χ0) is 22.1. The first kappa shape index (κ1) is 23.0. The van der Waals surface area contributed by atoms with Crippen molar-refractivity contribution in [1.29, 1.82) is 0 Å². The van der Waals surface area contributed by atoms with Crippen LogP contribution >= 0.6 is 23.2 Å². The fourth-order valence-electron chi connectivity index (χ4n) is 3.06. The summed E-state index contributed by atoms with van der Waals surface area (Å²) in [5.74, 6) is -1.34. The Morgan fingerprint density at radius 2 is 1.93 bits per heavy atom. The minimum absolute atomic E-state index is 0.0158. The Labute approximate surface area is 185 Å². The van der Waals surface area contributed by atoms with Crippen molar-refractivity contribution in [1.82, 2.24) is 9.29 Å². The molecule has 2 atom stereocenters. The maximum atomic E-state index is 12.9. The first-order valence-electron chi connectivity index (χ1n) is 9.38. The smallest absolute Gasteiger partial charge is 0.306 e. The van der Waals surface area contributed by atoms with Crippen LogP contribution in [0.5, 0.6) is 0 Å². The first-order chi connectivity index (χ1) is 14.1. The molecule has 1 N–H and O–H groups in total. The number of aromatic nitrogens is 1. The molecule has 0 saturated carbocycles.